The van der Waals surface area contributed by atoms with Crippen molar-refractivity contribution in [1.29, 1.82) is 15.8 Å². The van der Waals surface area contributed by atoms with E-state index in [9.17, 15) is 0 Å². The first kappa shape index (κ1) is 10.4. The number of aliphatic hydroxyl groups excluding tert-OH is 1. The number of hydrogen-bond donors (Lipinski definition) is 1. The van der Waals surface area contributed by atoms with E-state index >= 15 is 0 Å². The molecule has 0 aromatic heterocycles. The quantitative estimate of drug-likeness (QED) is 0.660. The minimum Gasteiger partial charge on any atom is -0.396 e. The number of nitriles is 3. The predicted octanol–water partition coefficient (Wildman–Crippen LogP) is 0.706. The van der Waals surface area contributed by atoms with Crippen LogP contribution in [0.1, 0.15) is 19.3 Å². The average Bonchev–Trinajstić information content (AvgIpc) is 2.06. The Hall–Kier alpha value is -1.57. The van der Waals surface area contributed by atoms with E-state index in [1.165, 1.54) is 0 Å². The third-order valence-corrected chi connectivity index (χ3v) is 1.70. The minimum atomic E-state index is -0.835. The summed E-state index contributed by atoms with van der Waals surface area (Å²) < 4.78 is 0. The van der Waals surface area contributed by atoms with E-state index in [1.807, 2.05) is 18.2 Å². The van der Waals surface area contributed by atoms with Gasteiger partial charge in [-0.3, -0.25) is 0 Å². The smallest absolute Gasteiger partial charge is 0.0629 e. The Bertz CT molecular complexity index is 212. The zero-order valence-electron chi connectivity index (χ0n) is 6.62. The van der Waals surface area contributed by atoms with Gasteiger partial charge in [0, 0.05) is 24.7 Å². The molecule has 12 heavy (non-hydrogen) atoms. The van der Waals surface area contributed by atoms with Crippen LogP contribution >= 0.6 is 0 Å². The van der Waals surface area contributed by atoms with Gasteiger partial charge >= 0.3 is 0 Å². The molecule has 0 saturated carbocycles. The molecule has 0 spiro atoms. The fourth-order valence-corrected chi connectivity index (χ4v) is 0.858. The summed E-state index contributed by atoms with van der Waals surface area (Å²) in [5, 5.41) is 34.1. The van der Waals surface area contributed by atoms with Crippen LogP contribution in [0.25, 0.3) is 0 Å². The van der Waals surface area contributed by atoms with Gasteiger partial charge in [-0.25, -0.2) is 0 Å². The molecule has 0 radical (unpaired) electrons. The standard InChI is InChI=1S/C8H9N3O/c9-4-1-8(7-12,2-5-10)3-6-11/h12H,1-3,7H2. The first-order valence-corrected chi connectivity index (χ1v) is 3.46. The van der Waals surface area contributed by atoms with Crippen molar-refractivity contribution in [3.63, 3.8) is 0 Å². The fourth-order valence-electron chi connectivity index (χ4n) is 0.858. The molecule has 0 fully saturated rings. The van der Waals surface area contributed by atoms with Gasteiger partial charge in [-0.2, -0.15) is 15.8 Å². The van der Waals surface area contributed by atoms with Crippen molar-refractivity contribution >= 4 is 0 Å². The lowest BCUT2D eigenvalue weighted by atomic mass is 9.80. The maximum Gasteiger partial charge on any atom is 0.0629 e. The molecule has 0 aromatic carbocycles. The van der Waals surface area contributed by atoms with Gasteiger partial charge in [0.15, 0.2) is 0 Å². The lowest BCUT2D eigenvalue weighted by Crippen LogP contribution is -2.23. The van der Waals surface area contributed by atoms with Gasteiger partial charge in [-0.1, -0.05) is 0 Å². The van der Waals surface area contributed by atoms with Crippen molar-refractivity contribution in [2.24, 2.45) is 5.41 Å². The molecule has 0 unspecified atom stereocenters. The van der Waals surface area contributed by atoms with Crippen LogP contribution in [0.3, 0.4) is 0 Å². The lowest BCUT2D eigenvalue weighted by molar-refractivity contribution is 0.136. The molecule has 0 rings (SSSR count). The van der Waals surface area contributed by atoms with E-state index in [4.69, 9.17) is 20.9 Å². The Morgan fingerprint density at radius 1 is 0.917 bits per heavy atom. The summed E-state index contributed by atoms with van der Waals surface area (Å²) in [5.41, 5.74) is -0.835. The number of rotatable bonds is 4. The van der Waals surface area contributed by atoms with Crippen LogP contribution in [-0.2, 0) is 0 Å². The maximum absolute atomic E-state index is 8.92. The Kier molecular flexibility index (Phi) is 4.46. The molecule has 0 heterocycles. The van der Waals surface area contributed by atoms with Crippen molar-refractivity contribution in [3.05, 3.63) is 0 Å². The Morgan fingerprint density at radius 3 is 1.42 bits per heavy atom. The molecule has 0 aliphatic heterocycles. The second-order valence-electron chi connectivity index (χ2n) is 2.66. The molecule has 0 atom stereocenters. The third kappa shape index (κ3) is 2.58. The normalized spacial score (nSPS) is 9.50. The SMILES string of the molecule is N#CCC(CO)(CC#N)CC#N. The van der Waals surface area contributed by atoms with Crippen LogP contribution < -0.4 is 0 Å². The number of aliphatic hydroxyl groups is 1. The zero-order valence-corrected chi connectivity index (χ0v) is 6.62. The summed E-state index contributed by atoms with van der Waals surface area (Å²) in [6, 6.07) is 5.60. The van der Waals surface area contributed by atoms with E-state index in [0.29, 0.717) is 0 Å². The first-order valence-electron chi connectivity index (χ1n) is 3.46. The van der Waals surface area contributed by atoms with E-state index < -0.39 is 5.41 Å². The van der Waals surface area contributed by atoms with Crippen LogP contribution in [0.15, 0.2) is 0 Å². The average molecular weight is 163 g/mol. The van der Waals surface area contributed by atoms with Crippen LogP contribution in [0, 0.1) is 39.4 Å². The second kappa shape index (κ2) is 5.13. The monoisotopic (exact) mass is 163 g/mol. The fraction of sp³-hybridized carbons (Fsp3) is 0.625. The lowest BCUT2D eigenvalue weighted by Gasteiger charge is -2.22. The summed E-state index contributed by atoms with van der Waals surface area (Å²) in [5.74, 6) is 0. The van der Waals surface area contributed by atoms with Crippen LogP contribution in [0.5, 0.6) is 0 Å². The van der Waals surface area contributed by atoms with Gasteiger partial charge in [-0.05, 0) is 0 Å². The summed E-state index contributed by atoms with van der Waals surface area (Å²) in [4.78, 5) is 0. The third-order valence-electron chi connectivity index (χ3n) is 1.70. The van der Waals surface area contributed by atoms with Gasteiger partial charge in [0.1, 0.15) is 0 Å². The molecule has 4 heteroatoms. The molecule has 4 nitrogen and oxygen atoms in total. The molecule has 1 N–H and O–H groups in total. The molecule has 0 aliphatic rings. The second-order valence-corrected chi connectivity index (χ2v) is 2.66. The van der Waals surface area contributed by atoms with Gasteiger partial charge < -0.3 is 5.11 Å². The van der Waals surface area contributed by atoms with Crippen LogP contribution in [0.4, 0.5) is 0 Å². The van der Waals surface area contributed by atoms with E-state index in [0.717, 1.165) is 0 Å². The molecular formula is C8H9N3O. The van der Waals surface area contributed by atoms with Crippen molar-refractivity contribution in [1.82, 2.24) is 0 Å². The summed E-state index contributed by atoms with van der Waals surface area (Å²) in [7, 11) is 0. The largest absolute Gasteiger partial charge is 0.396 e. The van der Waals surface area contributed by atoms with E-state index in [-0.39, 0.29) is 25.9 Å². The summed E-state index contributed by atoms with van der Waals surface area (Å²) in [6.45, 7) is -0.290. The Morgan fingerprint density at radius 2 is 1.25 bits per heavy atom. The highest BCUT2D eigenvalue weighted by Gasteiger charge is 2.28. The first-order chi connectivity index (χ1) is 5.74. The van der Waals surface area contributed by atoms with Crippen molar-refractivity contribution < 1.29 is 5.11 Å². The number of hydrogen-bond acceptors (Lipinski definition) is 4. The van der Waals surface area contributed by atoms with Gasteiger partial charge in [-0.15, -0.1) is 0 Å². The zero-order chi connectivity index (χ0) is 9.45. The van der Waals surface area contributed by atoms with Gasteiger partial charge in [0.05, 0.1) is 24.8 Å². The maximum atomic E-state index is 8.92. The van der Waals surface area contributed by atoms with E-state index in [2.05, 4.69) is 0 Å². The molecule has 0 aliphatic carbocycles. The highest BCUT2D eigenvalue weighted by Crippen LogP contribution is 2.28. The molecule has 0 bridgehead atoms. The van der Waals surface area contributed by atoms with Crippen molar-refractivity contribution in [2.75, 3.05) is 6.61 Å². The van der Waals surface area contributed by atoms with Gasteiger partial charge in [0.2, 0.25) is 0 Å². The van der Waals surface area contributed by atoms with E-state index in [1.54, 1.807) is 0 Å². The molecule has 0 aromatic rings. The summed E-state index contributed by atoms with van der Waals surface area (Å²) >= 11 is 0. The van der Waals surface area contributed by atoms with Crippen LogP contribution in [0.2, 0.25) is 0 Å². The summed E-state index contributed by atoms with van der Waals surface area (Å²) in [6.07, 6.45) is 0.139. The molecule has 0 saturated heterocycles. The van der Waals surface area contributed by atoms with Gasteiger partial charge in [0.25, 0.3) is 0 Å². The van der Waals surface area contributed by atoms with Crippen LogP contribution in [-0.4, -0.2) is 11.7 Å². The molecular weight excluding hydrogens is 154 g/mol. The number of nitrogens with zero attached hydrogens (tertiary/aromatic N) is 3. The molecule has 62 valence electrons. The molecule has 0 amide bonds. The Balaban J connectivity index is 4.45. The Labute approximate surface area is 71.3 Å². The highest BCUT2D eigenvalue weighted by molar-refractivity contribution is 4.99. The van der Waals surface area contributed by atoms with Crippen molar-refractivity contribution in [2.45, 2.75) is 19.3 Å². The highest BCUT2D eigenvalue weighted by atomic mass is 16.3. The van der Waals surface area contributed by atoms with Crippen molar-refractivity contribution in [3.8, 4) is 18.2 Å². The predicted molar refractivity (Wildman–Crippen MR) is 40.2 cm³/mol. The minimum absolute atomic E-state index is 0.0463. The topological polar surface area (TPSA) is 91.6 Å².